The van der Waals surface area contributed by atoms with Crippen LogP contribution in [0.4, 0.5) is 0 Å². The molecule has 0 fully saturated rings. The average molecular weight is 270 g/mol. The largest absolute Gasteiger partial charge is 0.312 e. The molecule has 1 aromatic heterocycles. The maximum atomic E-state index is 4.44. The Labute approximate surface area is 120 Å². The van der Waals surface area contributed by atoms with Gasteiger partial charge in [-0.3, -0.25) is 0 Å². The number of hydrogen-bond acceptors (Lipinski definition) is 3. The van der Waals surface area contributed by atoms with E-state index in [1.807, 2.05) is 4.68 Å². The van der Waals surface area contributed by atoms with Crippen molar-refractivity contribution >= 4 is 0 Å². The van der Waals surface area contributed by atoms with Crippen LogP contribution in [0.25, 0.3) is 0 Å². The lowest BCUT2D eigenvalue weighted by molar-refractivity contribution is 0.468. The smallest absolute Gasteiger partial charge is 0.138 e. The van der Waals surface area contributed by atoms with E-state index in [0.717, 1.165) is 38.3 Å². The van der Waals surface area contributed by atoms with Gasteiger partial charge in [0.2, 0.25) is 0 Å². The van der Waals surface area contributed by atoms with E-state index in [0.29, 0.717) is 5.92 Å². The number of benzene rings is 1. The summed E-state index contributed by atoms with van der Waals surface area (Å²) in [6.07, 6.45) is 3.67. The van der Waals surface area contributed by atoms with Crippen molar-refractivity contribution in [3.8, 4) is 0 Å². The predicted octanol–water partition coefficient (Wildman–Crippen LogP) is 2.17. The highest BCUT2D eigenvalue weighted by atomic mass is 15.3. The van der Waals surface area contributed by atoms with Crippen molar-refractivity contribution in [1.29, 1.82) is 0 Å². The van der Waals surface area contributed by atoms with Crippen LogP contribution in [0.15, 0.2) is 24.5 Å². The van der Waals surface area contributed by atoms with E-state index < -0.39 is 0 Å². The third-order valence-corrected chi connectivity index (χ3v) is 3.83. The molecule has 1 N–H and O–H groups in total. The van der Waals surface area contributed by atoms with Crippen molar-refractivity contribution in [2.24, 2.45) is 5.92 Å². The molecule has 20 heavy (non-hydrogen) atoms. The van der Waals surface area contributed by atoms with Gasteiger partial charge in [-0.15, -0.1) is 0 Å². The van der Waals surface area contributed by atoms with Gasteiger partial charge in [0.1, 0.15) is 12.2 Å². The van der Waals surface area contributed by atoms with E-state index in [9.17, 15) is 0 Å². The summed E-state index contributed by atoms with van der Waals surface area (Å²) in [5.41, 5.74) is 4.32. The lowest BCUT2D eigenvalue weighted by atomic mass is 9.94. The molecule has 1 aliphatic rings. The summed E-state index contributed by atoms with van der Waals surface area (Å²) >= 11 is 0. The summed E-state index contributed by atoms with van der Waals surface area (Å²) in [4.78, 5) is 4.44. The van der Waals surface area contributed by atoms with Crippen LogP contribution in [-0.2, 0) is 25.9 Å². The first kappa shape index (κ1) is 13.3. The molecule has 0 bridgehead atoms. The monoisotopic (exact) mass is 270 g/mol. The number of rotatable bonds is 4. The fraction of sp³-hybridized carbons (Fsp3) is 0.500. The topological polar surface area (TPSA) is 42.7 Å². The van der Waals surface area contributed by atoms with E-state index in [-0.39, 0.29) is 0 Å². The molecule has 4 heteroatoms. The van der Waals surface area contributed by atoms with Gasteiger partial charge in [-0.25, -0.2) is 9.67 Å². The second-order valence-corrected chi connectivity index (χ2v) is 5.91. The molecule has 1 aromatic carbocycles. The van der Waals surface area contributed by atoms with Crippen LogP contribution < -0.4 is 5.32 Å². The van der Waals surface area contributed by atoms with Crippen LogP contribution in [0.2, 0.25) is 0 Å². The molecule has 3 rings (SSSR count). The SMILES string of the molecule is CC(C)Cn1ncnc1Cc1cccc2c1CNCC2. The molecule has 0 spiro atoms. The van der Waals surface area contributed by atoms with Crippen molar-refractivity contribution in [3.05, 3.63) is 47.0 Å². The van der Waals surface area contributed by atoms with Gasteiger partial charge in [0, 0.05) is 19.5 Å². The maximum absolute atomic E-state index is 4.44. The minimum absolute atomic E-state index is 0.585. The molecule has 0 amide bonds. The first-order chi connectivity index (χ1) is 9.74. The Morgan fingerprint density at radius 1 is 1.35 bits per heavy atom. The lowest BCUT2D eigenvalue weighted by Crippen LogP contribution is -2.25. The quantitative estimate of drug-likeness (QED) is 0.926. The predicted molar refractivity (Wildman–Crippen MR) is 79.5 cm³/mol. The molecule has 2 aromatic rings. The minimum atomic E-state index is 0.585. The van der Waals surface area contributed by atoms with Gasteiger partial charge in [-0.2, -0.15) is 5.10 Å². The molecule has 2 heterocycles. The number of nitrogens with zero attached hydrogens (tertiary/aromatic N) is 3. The molecule has 0 radical (unpaired) electrons. The Kier molecular flexibility index (Phi) is 3.83. The van der Waals surface area contributed by atoms with Gasteiger partial charge in [-0.05, 0) is 35.6 Å². The highest BCUT2D eigenvalue weighted by molar-refractivity contribution is 5.38. The van der Waals surface area contributed by atoms with Crippen LogP contribution in [0.1, 0.15) is 36.4 Å². The molecule has 0 atom stereocenters. The standard InChI is InChI=1S/C16H22N4/c1-12(2)10-20-16(18-11-19-20)8-14-5-3-4-13-6-7-17-9-15(13)14/h3-5,11-12,17H,6-10H2,1-2H3. The first-order valence-corrected chi connectivity index (χ1v) is 7.41. The van der Waals surface area contributed by atoms with Crippen molar-refractivity contribution in [2.45, 2.75) is 39.8 Å². The number of nitrogens with one attached hydrogen (secondary N) is 1. The summed E-state index contributed by atoms with van der Waals surface area (Å²) in [7, 11) is 0. The molecule has 0 aliphatic carbocycles. The zero-order valence-electron chi connectivity index (χ0n) is 12.3. The molecule has 0 saturated carbocycles. The van der Waals surface area contributed by atoms with Crippen molar-refractivity contribution in [2.75, 3.05) is 6.54 Å². The van der Waals surface area contributed by atoms with Crippen LogP contribution in [0, 0.1) is 5.92 Å². The summed E-state index contributed by atoms with van der Waals surface area (Å²) in [6, 6.07) is 6.64. The first-order valence-electron chi connectivity index (χ1n) is 7.41. The van der Waals surface area contributed by atoms with E-state index in [1.165, 1.54) is 16.7 Å². The van der Waals surface area contributed by atoms with Crippen molar-refractivity contribution < 1.29 is 0 Å². The zero-order valence-corrected chi connectivity index (χ0v) is 12.3. The molecular formula is C16H22N4. The van der Waals surface area contributed by atoms with Crippen LogP contribution in [0.3, 0.4) is 0 Å². The number of hydrogen-bond donors (Lipinski definition) is 1. The number of fused-ring (bicyclic) bond motifs is 1. The molecule has 4 nitrogen and oxygen atoms in total. The summed E-state index contributed by atoms with van der Waals surface area (Å²) in [5, 5.41) is 7.82. The van der Waals surface area contributed by atoms with Crippen LogP contribution >= 0.6 is 0 Å². The second kappa shape index (κ2) is 5.75. The van der Waals surface area contributed by atoms with Gasteiger partial charge in [0.25, 0.3) is 0 Å². The van der Waals surface area contributed by atoms with Crippen molar-refractivity contribution in [1.82, 2.24) is 20.1 Å². The Morgan fingerprint density at radius 3 is 3.10 bits per heavy atom. The second-order valence-electron chi connectivity index (χ2n) is 5.91. The summed E-state index contributed by atoms with van der Waals surface area (Å²) < 4.78 is 2.04. The molecule has 0 saturated heterocycles. The highest BCUT2D eigenvalue weighted by Crippen LogP contribution is 2.20. The van der Waals surface area contributed by atoms with Gasteiger partial charge in [0.05, 0.1) is 0 Å². The van der Waals surface area contributed by atoms with E-state index in [2.05, 4.69) is 47.4 Å². The van der Waals surface area contributed by atoms with E-state index >= 15 is 0 Å². The van der Waals surface area contributed by atoms with Gasteiger partial charge in [0.15, 0.2) is 0 Å². The molecule has 0 unspecified atom stereocenters. The Hall–Kier alpha value is -1.68. The highest BCUT2D eigenvalue weighted by Gasteiger charge is 2.14. The average Bonchev–Trinajstić information content (AvgIpc) is 2.86. The van der Waals surface area contributed by atoms with Crippen LogP contribution in [-0.4, -0.2) is 21.3 Å². The molecule has 106 valence electrons. The van der Waals surface area contributed by atoms with Crippen molar-refractivity contribution in [3.63, 3.8) is 0 Å². The molecular weight excluding hydrogens is 248 g/mol. The van der Waals surface area contributed by atoms with Crippen LogP contribution in [0.5, 0.6) is 0 Å². The minimum Gasteiger partial charge on any atom is -0.312 e. The lowest BCUT2D eigenvalue weighted by Gasteiger charge is -2.20. The molecule has 1 aliphatic heterocycles. The van der Waals surface area contributed by atoms with Gasteiger partial charge < -0.3 is 5.32 Å². The summed E-state index contributed by atoms with van der Waals surface area (Å²) in [5.74, 6) is 1.65. The van der Waals surface area contributed by atoms with Gasteiger partial charge in [-0.1, -0.05) is 32.0 Å². The number of aromatic nitrogens is 3. The third kappa shape index (κ3) is 2.75. The Bertz CT molecular complexity index is 586. The maximum Gasteiger partial charge on any atom is 0.138 e. The zero-order chi connectivity index (χ0) is 13.9. The third-order valence-electron chi connectivity index (χ3n) is 3.83. The Balaban J connectivity index is 1.86. The normalized spacial score (nSPS) is 14.6. The fourth-order valence-electron chi connectivity index (χ4n) is 2.84. The Morgan fingerprint density at radius 2 is 2.25 bits per heavy atom. The summed E-state index contributed by atoms with van der Waals surface area (Å²) in [6.45, 7) is 7.41. The fourth-order valence-corrected chi connectivity index (χ4v) is 2.84. The van der Waals surface area contributed by atoms with E-state index in [1.54, 1.807) is 6.33 Å². The van der Waals surface area contributed by atoms with E-state index in [4.69, 9.17) is 0 Å². The van der Waals surface area contributed by atoms with Gasteiger partial charge >= 0.3 is 0 Å².